The standard InChI is InChI=1S/C11H17NOS/c1-9-3-4-10(14-9)7-12-11(2)5-6-13-8-11/h3-4,12H,5-8H2,1-2H3. The maximum atomic E-state index is 5.39. The van der Waals surface area contributed by atoms with Gasteiger partial charge in [-0.25, -0.2) is 0 Å². The lowest BCUT2D eigenvalue weighted by Gasteiger charge is -2.23. The molecule has 1 aromatic rings. The minimum absolute atomic E-state index is 0.192. The van der Waals surface area contributed by atoms with Crippen LogP contribution in [-0.2, 0) is 11.3 Å². The predicted octanol–water partition coefficient (Wildman–Crippen LogP) is 2.33. The van der Waals surface area contributed by atoms with Crippen molar-refractivity contribution in [2.45, 2.75) is 32.4 Å². The van der Waals surface area contributed by atoms with E-state index in [-0.39, 0.29) is 5.54 Å². The number of hydrogen-bond acceptors (Lipinski definition) is 3. The van der Waals surface area contributed by atoms with E-state index in [1.165, 1.54) is 9.75 Å². The number of hydrogen-bond donors (Lipinski definition) is 1. The van der Waals surface area contributed by atoms with Crippen LogP contribution in [0.2, 0.25) is 0 Å². The first kappa shape index (κ1) is 10.1. The predicted molar refractivity (Wildman–Crippen MR) is 59.7 cm³/mol. The van der Waals surface area contributed by atoms with E-state index in [0.29, 0.717) is 0 Å². The second kappa shape index (κ2) is 4.01. The fourth-order valence-corrected chi connectivity index (χ4v) is 2.52. The summed E-state index contributed by atoms with van der Waals surface area (Å²) in [5, 5.41) is 3.57. The molecule has 1 N–H and O–H groups in total. The van der Waals surface area contributed by atoms with E-state index in [9.17, 15) is 0 Å². The molecule has 2 rings (SSSR count). The third kappa shape index (κ3) is 2.35. The van der Waals surface area contributed by atoms with Crippen molar-refractivity contribution < 1.29 is 4.74 Å². The fraction of sp³-hybridized carbons (Fsp3) is 0.636. The van der Waals surface area contributed by atoms with Gasteiger partial charge in [-0.05, 0) is 32.4 Å². The molecule has 0 radical (unpaired) electrons. The van der Waals surface area contributed by atoms with E-state index < -0.39 is 0 Å². The average molecular weight is 211 g/mol. The Morgan fingerprint density at radius 2 is 2.43 bits per heavy atom. The third-order valence-corrected chi connectivity index (χ3v) is 3.70. The quantitative estimate of drug-likeness (QED) is 0.828. The van der Waals surface area contributed by atoms with Crippen molar-refractivity contribution in [3.8, 4) is 0 Å². The topological polar surface area (TPSA) is 21.3 Å². The zero-order valence-corrected chi connectivity index (χ0v) is 9.62. The van der Waals surface area contributed by atoms with Crippen LogP contribution in [0.25, 0.3) is 0 Å². The summed E-state index contributed by atoms with van der Waals surface area (Å²) in [5.74, 6) is 0. The van der Waals surface area contributed by atoms with Crippen LogP contribution >= 0.6 is 11.3 Å². The van der Waals surface area contributed by atoms with Gasteiger partial charge in [0.2, 0.25) is 0 Å². The molecule has 14 heavy (non-hydrogen) atoms. The Bertz CT molecular complexity index is 302. The Labute approximate surface area is 89.3 Å². The SMILES string of the molecule is Cc1ccc(CNC2(C)CCOC2)s1. The summed E-state index contributed by atoms with van der Waals surface area (Å²) >= 11 is 1.87. The largest absolute Gasteiger partial charge is 0.379 e. The van der Waals surface area contributed by atoms with Crippen molar-refractivity contribution >= 4 is 11.3 Å². The van der Waals surface area contributed by atoms with Gasteiger partial charge in [-0.15, -0.1) is 11.3 Å². The molecule has 78 valence electrons. The lowest BCUT2D eigenvalue weighted by Crippen LogP contribution is -2.42. The maximum absolute atomic E-state index is 5.39. The number of nitrogens with one attached hydrogen (secondary N) is 1. The Hall–Kier alpha value is -0.380. The van der Waals surface area contributed by atoms with E-state index in [1.54, 1.807) is 0 Å². The van der Waals surface area contributed by atoms with Crippen LogP contribution < -0.4 is 5.32 Å². The average Bonchev–Trinajstić information content (AvgIpc) is 2.73. The van der Waals surface area contributed by atoms with Gasteiger partial charge in [0.15, 0.2) is 0 Å². The highest BCUT2D eigenvalue weighted by Crippen LogP contribution is 2.20. The highest BCUT2D eigenvalue weighted by molar-refractivity contribution is 7.11. The molecule has 3 heteroatoms. The van der Waals surface area contributed by atoms with Gasteiger partial charge in [0, 0.05) is 28.4 Å². The zero-order chi connectivity index (χ0) is 10.0. The number of rotatable bonds is 3. The van der Waals surface area contributed by atoms with Crippen molar-refractivity contribution in [3.63, 3.8) is 0 Å². The molecule has 1 aliphatic heterocycles. The zero-order valence-electron chi connectivity index (χ0n) is 8.80. The molecule has 0 aliphatic carbocycles. The Balaban J connectivity index is 1.87. The van der Waals surface area contributed by atoms with E-state index in [1.807, 2.05) is 11.3 Å². The molecule has 1 atom stereocenters. The van der Waals surface area contributed by atoms with Crippen molar-refractivity contribution in [1.82, 2.24) is 5.32 Å². The van der Waals surface area contributed by atoms with Crippen LogP contribution in [0.3, 0.4) is 0 Å². The van der Waals surface area contributed by atoms with Gasteiger partial charge in [0.25, 0.3) is 0 Å². The third-order valence-electron chi connectivity index (χ3n) is 2.70. The smallest absolute Gasteiger partial charge is 0.0646 e. The van der Waals surface area contributed by atoms with Gasteiger partial charge in [-0.2, -0.15) is 0 Å². The molecule has 1 aliphatic rings. The Morgan fingerprint density at radius 1 is 1.57 bits per heavy atom. The molecule has 0 amide bonds. The van der Waals surface area contributed by atoms with E-state index >= 15 is 0 Å². The molecule has 0 aromatic carbocycles. The molecule has 2 nitrogen and oxygen atoms in total. The summed E-state index contributed by atoms with van der Waals surface area (Å²) in [7, 11) is 0. The van der Waals surface area contributed by atoms with E-state index in [0.717, 1.165) is 26.2 Å². The van der Waals surface area contributed by atoms with Crippen LogP contribution in [0, 0.1) is 6.92 Å². The molecule has 1 unspecified atom stereocenters. The summed E-state index contributed by atoms with van der Waals surface area (Å²) in [4.78, 5) is 2.80. The summed E-state index contributed by atoms with van der Waals surface area (Å²) in [6.45, 7) is 7.09. The van der Waals surface area contributed by atoms with Crippen LogP contribution in [0.15, 0.2) is 12.1 Å². The minimum Gasteiger partial charge on any atom is -0.379 e. The van der Waals surface area contributed by atoms with E-state index in [4.69, 9.17) is 4.74 Å². The van der Waals surface area contributed by atoms with Crippen molar-refractivity contribution in [2.24, 2.45) is 0 Å². The molecule has 2 heterocycles. The second-order valence-electron chi connectivity index (χ2n) is 4.23. The van der Waals surface area contributed by atoms with Gasteiger partial charge in [-0.1, -0.05) is 0 Å². The monoisotopic (exact) mass is 211 g/mol. The van der Waals surface area contributed by atoms with Gasteiger partial charge < -0.3 is 10.1 Å². The molecule has 0 spiro atoms. The number of thiophene rings is 1. The number of aryl methyl sites for hydroxylation is 1. The van der Waals surface area contributed by atoms with Crippen LogP contribution in [0.4, 0.5) is 0 Å². The second-order valence-corrected chi connectivity index (χ2v) is 5.60. The van der Waals surface area contributed by atoms with Crippen LogP contribution in [0.5, 0.6) is 0 Å². The summed E-state index contributed by atoms with van der Waals surface area (Å²) < 4.78 is 5.39. The molecule has 1 fully saturated rings. The molecule has 1 aromatic heterocycles. The summed E-state index contributed by atoms with van der Waals surface area (Å²) in [6.07, 6.45) is 1.12. The highest BCUT2D eigenvalue weighted by Gasteiger charge is 2.28. The molecular weight excluding hydrogens is 194 g/mol. The summed E-state index contributed by atoms with van der Waals surface area (Å²) in [6, 6.07) is 4.38. The molecule has 0 bridgehead atoms. The Morgan fingerprint density at radius 3 is 3.00 bits per heavy atom. The Kier molecular flexibility index (Phi) is 2.91. The first-order chi connectivity index (χ1) is 6.68. The van der Waals surface area contributed by atoms with Gasteiger partial charge in [-0.3, -0.25) is 0 Å². The van der Waals surface area contributed by atoms with Crippen molar-refractivity contribution in [1.29, 1.82) is 0 Å². The minimum atomic E-state index is 0.192. The molecular formula is C11H17NOS. The van der Waals surface area contributed by atoms with E-state index in [2.05, 4.69) is 31.3 Å². The molecule has 1 saturated heterocycles. The van der Waals surface area contributed by atoms with Crippen molar-refractivity contribution in [2.75, 3.05) is 13.2 Å². The lowest BCUT2D eigenvalue weighted by molar-refractivity contribution is 0.171. The van der Waals surface area contributed by atoms with Crippen molar-refractivity contribution in [3.05, 3.63) is 21.9 Å². The maximum Gasteiger partial charge on any atom is 0.0646 e. The summed E-state index contributed by atoms with van der Waals surface area (Å²) in [5.41, 5.74) is 0.192. The normalized spacial score (nSPS) is 27.0. The first-order valence-corrected chi connectivity index (χ1v) is 5.88. The first-order valence-electron chi connectivity index (χ1n) is 5.06. The van der Waals surface area contributed by atoms with Gasteiger partial charge in [0.05, 0.1) is 6.61 Å². The lowest BCUT2D eigenvalue weighted by atomic mass is 10.0. The molecule has 0 saturated carbocycles. The fourth-order valence-electron chi connectivity index (χ4n) is 1.69. The number of ether oxygens (including phenoxy) is 1. The highest BCUT2D eigenvalue weighted by atomic mass is 32.1. The van der Waals surface area contributed by atoms with Gasteiger partial charge in [0.1, 0.15) is 0 Å². The van der Waals surface area contributed by atoms with Gasteiger partial charge >= 0.3 is 0 Å². The van der Waals surface area contributed by atoms with Crippen LogP contribution in [-0.4, -0.2) is 18.8 Å². The van der Waals surface area contributed by atoms with Crippen LogP contribution in [0.1, 0.15) is 23.1 Å².